The number of aliphatic hydroxyl groups is 1. The average Bonchev–Trinajstić information content (AvgIpc) is 3.03. The number of aromatic nitrogens is 1. The number of Topliss-reactive ketones (excluding diaryl/α,β-unsaturated/α-hetero) is 1. The quantitative estimate of drug-likeness (QED) is 0.395. The monoisotopic (exact) mass is 425 g/mol. The van der Waals surface area contributed by atoms with Crippen molar-refractivity contribution >= 4 is 17.4 Å². The molecule has 1 aromatic heterocycles. The molecule has 8 heteroatoms. The van der Waals surface area contributed by atoms with Crippen LogP contribution >= 0.6 is 0 Å². The van der Waals surface area contributed by atoms with Crippen molar-refractivity contribution in [3.05, 3.63) is 59.4 Å². The third kappa shape index (κ3) is 4.54. The second kappa shape index (κ2) is 9.61. The number of pyridine rings is 1. The fraction of sp³-hybridized carbons (Fsp3) is 0.348. The Morgan fingerprint density at radius 2 is 1.77 bits per heavy atom. The molecule has 0 bridgehead atoms. The van der Waals surface area contributed by atoms with E-state index in [1.165, 1.54) is 19.1 Å². The molecule has 0 spiro atoms. The number of ether oxygens (including phenoxy) is 2. The molecule has 1 saturated heterocycles. The molecule has 0 saturated carbocycles. The van der Waals surface area contributed by atoms with Crippen molar-refractivity contribution in [3.63, 3.8) is 0 Å². The van der Waals surface area contributed by atoms with Crippen LogP contribution in [0, 0.1) is 0 Å². The Morgan fingerprint density at radius 1 is 1.10 bits per heavy atom. The zero-order valence-electron chi connectivity index (χ0n) is 18.2. The molecule has 31 heavy (non-hydrogen) atoms. The Balaban J connectivity index is 2.09. The number of ketones is 1. The number of likely N-dealkylation sites (tertiary alicyclic amines) is 1. The van der Waals surface area contributed by atoms with E-state index in [9.17, 15) is 14.7 Å². The lowest BCUT2D eigenvalue weighted by Gasteiger charge is -2.25. The van der Waals surface area contributed by atoms with E-state index in [-0.39, 0.29) is 11.3 Å². The van der Waals surface area contributed by atoms with Gasteiger partial charge in [-0.3, -0.25) is 14.6 Å². The topological polar surface area (TPSA) is 92.2 Å². The molecule has 1 atom stereocenters. The standard InChI is InChI=1S/C23H27N3O5/c1-25(2)12-5-13-26-20(15-8-10-24-11-9-15)19(22(28)23(26)29)21(27)16-6-7-17(30-3)18(14-16)31-4/h6-11,14,20,27H,5,12-13H2,1-4H3/t20-/m0/s1. The summed E-state index contributed by atoms with van der Waals surface area (Å²) in [5.74, 6) is -0.682. The summed E-state index contributed by atoms with van der Waals surface area (Å²) >= 11 is 0. The van der Waals surface area contributed by atoms with E-state index < -0.39 is 17.7 Å². The molecule has 0 unspecified atom stereocenters. The van der Waals surface area contributed by atoms with Crippen LogP contribution in [0.1, 0.15) is 23.6 Å². The zero-order chi connectivity index (χ0) is 22.5. The Morgan fingerprint density at radius 3 is 2.39 bits per heavy atom. The molecule has 1 N–H and O–H groups in total. The number of carbonyl (C=O) groups is 2. The lowest BCUT2D eigenvalue weighted by atomic mass is 9.95. The Labute approximate surface area is 181 Å². The Bertz CT molecular complexity index is 988. The van der Waals surface area contributed by atoms with E-state index >= 15 is 0 Å². The predicted octanol–water partition coefficient (Wildman–Crippen LogP) is 2.47. The van der Waals surface area contributed by atoms with Gasteiger partial charge in [0.2, 0.25) is 0 Å². The Hall–Kier alpha value is -3.39. The lowest BCUT2D eigenvalue weighted by molar-refractivity contribution is -0.139. The number of hydrogen-bond acceptors (Lipinski definition) is 7. The van der Waals surface area contributed by atoms with E-state index in [2.05, 4.69) is 4.98 Å². The van der Waals surface area contributed by atoms with Gasteiger partial charge in [-0.25, -0.2) is 0 Å². The first-order chi connectivity index (χ1) is 14.9. The van der Waals surface area contributed by atoms with E-state index in [0.29, 0.717) is 35.6 Å². The van der Waals surface area contributed by atoms with Crippen LogP contribution in [0.15, 0.2) is 48.3 Å². The summed E-state index contributed by atoms with van der Waals surface area (Å²) in [5, 5.41) is 11.1. The highest BCUT2D eigenvalue weighted by atomic mass is 16.5. The van der Waals surface area contributed by atoms with Crippen LogP contribution in [0.4, 0.5) is 0 Å². The third-order valence-electron chi connectivity index (χ3n) is 5.22. The van der Waals surface area contributed by atoms with Crippen LogP contribution in [0.25, 0.3) is 5.76 Å². The molecule has 2 aromatic rings. The maximum atomic E-state index is 13.0. The summed E-state index contributed by atoms with van der Waals surface area (Å²) in [6, 6.07) is 7.65. The third-order valence-corrected chi connectivity index (χ3v) is 5.22. The summed E-state index contributed by atoms with van der Waals surface area (Å²) in [5.41, 5.74) is 1.12. The first-order valence-corrected chi connectivity index (χ1v) is 9.94. The van der Waals surface area contributed by atoms with Gasteiger partial charge in [-0.2, -0.15) is 0 Å². The van der Waals surface area contributed by atoms with Crippen molar-refractivity contribution in [1.82, 2.24) is 14.8 Å². The first kappa shape index (κ1) is 22.3. The maximum Gasteiger partial charge on any atom is 0.295 e. The molecule has 8 nitrogen and oxygen atoms in total. The van der Waals surface area contributed by atoms with Gasteiger partial charge in [0.15, 0.2) is 11.5 Å². The number of benzene rings is 1. The van der Waals surface area contributed by atoms with Crippen molar-refractivity contribution < 1.29 is 24.2 Å². The van der Waals surface area contributed by atoms with E-state index in [0.717, 1.165) is 6.54 Å². The van der Waals surface area contributed by atoms with Gasteiger partial charge in [0, 0.05) is 24.5 Å². The maximum absolute atomic E-state index is 13.0. The minimum atomic E-state index is -0.709. The van der Waals surface area contributed by atoms with Gasteiger partial charge in [-0.15, -0.1) is 0 Å². The summed E-state index contributed by atoms with van der Waals surface area (Å²) in [7, 11) is 6.90. The van der Waals surface area contributed by atoms with Gasteiger partial charge in [0.1, 0.15) is 5.76 Å². The van der Waals surface area contributed by atoms with Crippen LogP contribution in [0.2, 0.25) is 0 Å². The summed E-state index contributed by atoms with van der Waals surface area (Å²) < 4.78 is 10.6. The highest BCUT2D eigenvalue weighted by Gasteiger charge is 2.45. The van der Waals surface area contributed by atoms with Crippen LogP contribution in [-0.4, -0.2) is 73.0 Å². The predicted molar refractivity (Wildman–Crippen MR) is 116 cm³/mol. The Kier molecular flexibility index (Phi) is 6.91. The molecular formula is C23H27N3O5. The van der Waals surface area contributed by atoms with E-state index in [1.807, 2.05) is 19.0 Å². The molecule has 1 fully saturated rings. The summed E-state index contributed by atoms with van der Waals surface area (Å²) in [6.07, 6.45) is 3.90. The number of aliphatic hydroxyl groups excluding tert-OH is 1. The number of carbonyl (C=O) groups excluding carboxylic acids is 2. The summed E-state index contributed by atoms with van der Waals surface area (Å²) in [6.45, 7) is 1.15. The fourth-order valence-electron chi connectivity index (χ4n) is 3.70. The zero-order valence-corrected chi connectivity index (χ0v) is 18.2. The highest BCUT2D eigenvalue weighted by molar-refractivity contribution is 6.46. The number of hydrogen-bond donors (Lipinski definition) is 1. The molecule has 1 aliphatic rings. The highest BCUT2D eigenvalue weighted by Crippen LogP contribution is 2.40. The van der Waals surface area contributed by atoms with Crippen LogP contribution < -0.4 is 9.47 Å². The second-order valence-corrected chi connectivity index (χ2v) is 7.50. The number of methoxy groups -OCH3 is 2. The minimum absolute atomic E-state index is 0.0493. The smallest absolute Gasteiger partial charge is 0.295 e. The largest absolute Gasteiger partial charge is 0.507 e. The van der Waals surface area contributed by atoms with Crippen molar-refractivity contribution in [3.8, 4) is 11.5 Å². The molecule has 2 heterocycles. The van der Waals surface area contributed by atoms with Gasteiger partial charge in [0.05, 0.1) is 25.8 Å². The van der Waals surface area contributed by atoms with Crippen molar-refractivity contribution in [2.45, 2.75) is 12.5 Å². The fourth-order valence-corrected chi connectivity index (χ4v) is 3.70. The number of nitrogens with zero attached hydrogens (tertiary/aromatic N) is 3. The molecule has 3 rings (SSSR count). The van der Waals surface area contributed by atoms with Crippen molar-refractivity contribution in [2.24, 2.45) is 0 Å². The van der Waals surface area contributed by atoms with Gasteiger partial charge in [-0.1, -0.05) is 0 Å². The molecular weight excluding hydrogens is 398 g/mol. The SMILES string of the molecule is COc1ccc(C(O)=C2C(=O)C(=O)N(CCCN(C)C)[C@H]2c2ccncc2)cc1OC. The van der Waals surface area contributed by atoms with E-state index in [1.54, 1.807) is 42.7 Å². The molecule has 164 valence electrons. The molecule has 1 aromatic carbocycles. The second-order valence-electron chi connectivity index (χ2n) is 7.50. The summed E-state index contributed by atoms with van der Waals surface area (Å²) in [4.78, 5) is 33.5. The number of rotatable bonds is 8. The normalized spacial score (nSPS) is 18.0. The number of amides is 1. The van der Waals surface area contributed by atoms with Crippen LogP contribution in [0.5, 0.6) is 11.5 Å². The minimum Gasteiger partial charge on any atom is -0.507 e. The molecule has 1 aliphatic heterocycles. The lowest BCUT2D eigenvalue weighted by Crippen LogP contribution is -2.32. The van der Waals surface area contributed by atoms with Crippen LogP contribution in [0.3, 0.4) is 0 Å². The molecule has 0 radical (unpaired) electrons. The van der Waals surface area contributed by atoms with Gasteiger partial charge in [-0.05, 0) is 63.0 Å². The van der Waals surface area contributed by atoms with Gasteiger partial charge in [0.25, 0.3) is 11.7 Å². The first-order valence-electron chi connectivity index (χ1n) is 9.94. The van der Waals surface area contributed by atoms with Crippen molar-refractivity contribution in [1.29, 1.82) is 0 Å². The van der Waals surface area contributed by atoms with Crippen molar-refractivity contribution in [2.75, 3.05) is 41.4 Å². The van der Waals surface area contributed by atoms with E-state index in [4.69, 9.17) is 9.47 Å². The van der Waals surface area contributed by atoms with Crippen LogP contribution in [-0.2, 0) is 9.59 Å². The van der Waals surface area contributed by atoms with Gasteiger partial charge >= 0.3 is 0 Å². The average molecular weight is 425 g/mol. The van der Waals surface area contributed by atoms with Gasteiger partial charge < -0.3 is 24.4 Å². The molecule has 1 amide bonds. The molecule has 0 aliphatic carbocycles.